The van der Waals surface area contributed by atoms with Crippen LogP contribution in [0.4, 0.5) is 0 Å². The summed E-state index contributed by atoms with van der Waals surface area (Å²) in [6.45, 7) is 0. The molecular weight excluding hydrogens is 449 g/mol. The number of hydrogen-bond donors (Lipinski definition) is 1. The second-order valence-corrected chi connectivity index (χ2v) is 7.07. The molecule has 0 unspecified atom stereocenters. The molecule has 1 aliphatic rings. The zero-order chi connectivity index (χ0) is 16.4. The standard InChI is InChI=1S/C14H8IN3O3S2/c15-11-2-1-9(21-11)7-10-13(20)18(14(22)23-10)17-12(19)8-3-5-16-6-4-8/h1-7H,(H,17,19)/b10-7-. The summed E-state index contributed by atoms with van der Waals surface area (Å²) in [6.07, 6.45) is 4.59. The first kappa shape index (κ1) is 16.1. The Labute approximate surface area is 154 Å². The number of hydrazine groups is 1. The second kappa shape index (κ2) is 6.81. The molecule has 0 spiro atoms. The molecule has 1 aliphatic heterocycles. The average molecular weight is 457 g/mol. The van der Waals surface area contributed by atoms with Crippen LogP contribution in [0.25, 0.3) is 6.08 Å². The van der Waals surface area contributed by atoms with Crippen molar-refractivity contribution in [2.24, 2.45) is 0 Å². The Kier molecular flexibility index (Phi) is 4.78. The van der Waals surface area contributed by atoms with Gasteiger partial charge in [0.05, 0.1) is 4.91 Å². The van der Waals surface area contributed by atoms with Gasteiger partial charge in [-0.25, -0.2) is 0 Å². The van der Waals surface area contributed by atoms with Gasteiger partial charge in [0.15, 0.2) is 8.09 Å². The number of furan rings is 1. The Bertz CT molecular complexity index is 820. The highest BCUT2D eigenvalue weighted by atomic mass is 127. The normalized spacial score (nSPS) is 16.2. The Balaban J connectivity index is 1.77. The minimum atomic E-state index is -0.433. The Hall–Kier alpha value is -1.72. The van der Waals surface area contributed by atoms with Crippen molar-refractivity contribution in [3.8, 4) is 0 Å². The van der Waals surface area contributed by atoms with E-state index in [4.69, 9.17) is 16.6 Å². The van der Waals surface area contributed by atoms with Crippen LogP contribution < -0.4 is 5.43 Å². The van der Waals surface area contributed by atoms with Crippen LogP contribution in [0.2, 0.25) is 0 Å². The van der Waals surface area contributed by atoms with Crippen molar-refractivity contribution in [2.75, 3.05) is 0 Å². The second-order valence-electron chi connectivity index (χ2n) is 4.34. The minimum absolute atomic E-state index is 0.255. The number of pyridine rings is 1. The topological polar surface area (TPSA) is 75.4 Å². The number of nitrogens with one attached hydrogen (secondary N) is 1. The van der Waals surface area contributed by atoms with Crippen LogP contribution in [-0.4, -0.2) is 26.1 Å². The van der Waals surface area contributed by atoms with E-state index in [1.165, 1.54) is 12.4 Å². The Morgan fingerprint density at radius 1 is 1.35 bits per heavy atom. The summed E-state index contributed by atoms with van der Waals surface area (Å²) in [6, 6.07) is 6.64. The fraction of sp³-hybridized carbons (Fsp3) is 0. The van der Waals surface area contributed by atoms with Crippen LogP contribution in [0.1, 0.15) is 16.1 Å². The lowest BCUT2D eigenvalue weighted by molar-refractivity contribution is -0.123. The van der Waals surface area contributed by atoms with Gasteiger partial charge in [0, 0.05) is 24.0 Å². The molecular formula is C14H8IN3O3S2. The quantitative estimate of drug-likeness (QED) is 0.434. The Morgan fingerprint density at radius 2 is 2.09 bits per heavy atom. The van der Waals surface area contributed by atoms with Gasteiger partial charge in [0.2, 0.25) is 0 Å². The number of carbonyl (C=O) groups is 2. The van der Waals surface area contributed by atoms with E-state index in [-0.39, 0.29) is 4.32 Å². The van der Waals surface area contributed by atoms with Gasteiger partial charge in [-0.15, -0.1) is 0 Å². The fourth-order valence-corrected chi connectivity index (χ4v) is 3.36. The number of nitrogens with zero attached hydrogens (tertiary/aromatic N) is 2. The summed E-state index contributed by atoms with van der Waals surface area (Å²) < 4.78 is 6.38. The van der Waals surface area contributed by atoms with Gasteiger partial charge in [0.1, 0.15) is 5.76 Å². The van der Waals surface area contributed by atoms with Gasteiger partial charge in [-0.3, -0.25) is 20.0 Å². The third-order valence-corrected chi connectivity index (χ3v) is 4.70. The maximum atomic E-state index is 12.4. The molecule has 0 atom stereocenters. The molecule has 2 aromatic heterocycles. The van der Waals surface area contributed by atoms with E-state index in [0.717, 1.165) is 20.5 Å². The summed E-state index contributed by atoms with van der Waals surface area (Å²) in [7, 11) is 0. The van der Waals surface area contributed by atoms with Gasteiger partial charge in [-0.05, 0) is 59.1 Å². The van der Waals surface area contributed by atoms with Crippen LogP contribution in [0, 0.1) is 3.77 Å². The van der Waals surface area contributed by atoms with Crippen molar-refractivity contribution in [1.29, 1.82) is 0 Å². The molecule has 9 heteroatoms. The summed E-state index contributed by atoms with van der Waals surface area (Å²) in [4.78, 5) is 28.7. The first-order valence-electron chi connectivity index (χ1n) is 6.29. The molecule has 116 valence electrons. The Morgan fingerprint density at radius 3 is 2.74 bits per heavy atom. The molecule has 6 nitrogen and oxygen atoms in total. The summed E-state index contributed by atoms with van der Waals surface area (Å²) in [5, 5.41) is 1.06. The molecule has 23 heavy (non-hydrogen) atoms. The van der Waals surface area contributed by atoms with E-state index < -0.39 is 11.8 Å². The lowest BCUT2D eigenvalue weighted by atomic mass is 10.2. The highest BCUT2D eigenvalue weighted by Gasteiger charge is 2.34. The molecule has 1 fully saturated rings. The first-order chi connectivity index (χ1) is 11.0. The van der Waals surface area contributed by atoms with Gasteiger partial charge in [-0.1, -0.05) is 11.8 Å². The van der Waals surface area contributed by atoms with Crippen molar-refractivity contribution >= 4 is 68.8 Å². The predicted octanol–water partition coefficient (Wildman–Crippen LogP) is 2.83. The van der Waals surface area contributed by atoms with Crippen LogP contribution in [0.3, 0.4) is 0 Å². The lowest BCUT2D eigenvalue weighted by Gasteiger charge is -2.15. The van der Waals surface area contributed by atoms with Crippen LogP contribution in [0.15, 0.2) is 46.0 Å². The maximum absolute atomic E-state index is 12.4. The van der Waals surface area contributed by atoms with Crippen molar-refractivity contribution in [3.63, 3.8) is 0 Å². The number of hydrogen-bond acceptors (Lipinski definition) is 6. The molecule has 0 aromatic carbocycles. The molecule has 0 bridgehead atoms. The minimum Gasteiger partial charge on any atom is -0.451 e. The van der Waals surface area contributed by atoms with E-state index in [9.17, 15) is 9.59 Å². The number of thioether (sulfide) groups is 1. The molecule has 1 N–H and O–H groups in total. The fourth-order valence-electron chi connectivity index (χ4n) is 1.77. The van der Waals surface area contributed by atoms with Gasteiger partial charge >= 0.3 is 0 Å². The molecule has 3 rings (SSSR count). The van der Waals surface area contributed by atoms with Crippen LogP contribution in [0.5, 0.6) is 0 Å². The van der Waals surface area contributed by atoms with Crippen molar-refractivity contribution in [2.45, 2.75) is 0 Å². The number of amides is 2. The van der Waals surface area contributed by atoms with Gasteiger partial charge in [-0.2, -0.15) is 5.01 Å². The maximum Gasteiger partial charge on any atom is 0.285 e. The zero-order valence-corrected chi connectivity index (χ0v) is 15.1. The molecule has 0 saturated carbocycles. The van der Waals surface area contributed by atoms with Crippen LogP contribution >= 0.6 is 46.6 Å². The van der Waals surface area contributed by atoms with E-state index >= 15 is 0 Å². The average Bonchev–Trinajstić information content (AvgIpc) is 3.07. The molecule has 2 amide bonds. The van der Waals surface area contributed by atoms with E-state index in [0.29, 0.717) is 16.2 Å². The van der Waals surface area contributed by atoms with Gasteiger partial charge < -0.3 is 4.42 Å². The highest BCUT2D eigenvalue weighted by Crippen LogP contribution is 2.31. The van der Waals surface area contributed by atoms with E-state index in [1.54, 1.807) is 30.3 Å². The largest absolute Gasteiger partial charge is 0.451 e. The SMILES string of the molecule is O=C(NN1C(=O)/C(=C/c2ccc(I)o2)SC1=S)c1ccncc1. The predicted molar refractivity (Wildman–Crippen MR) is 98.1 cm³/mol. The smallest absolute Gasteiger partial charge is 0.285 e. The van der Waals surface area contributed by atoms with Crippen molar-refractivity contribution < 1.29 is 14.0 Å². The number of halogens is 1. The number of carbonyl (C=O) groups excluding carboxylic acids is 2. The van der Waals surface area contributed by atoms with Gasteiger partial charge in [0.25, 0.3) is 11.8 Å². The number of thiocarbonyl (C=S) groups is 1. The molecule has 0 radical (unpaired) electrons. The zero-order valence-electron chi connectivity index (χ0n) is 11.4. The molecule has 2 aromatic rings. The van der Waals surface area contributed by atoms with Crippen molar-refractivity contribution in [1.82, 2.24) is 15.4 Å². The van der Waals surface area contributed by atoms with E-state index in [2.05, 4.69) is 10.4 Å². The highest BCUT2D eigenvalue weighted by molar-refractivity contribution is 14.1. The monoisotopic (exact) mass is 457 g/mol. The van der Waals surface area contributed by atoms with E-state index in [1.807, 2.05) is 22.6 Å². The summed E-state index contributed by atoms with van der Waals surface area (Å²) in [5.74, 6) is -0.276. The molecule has 1 saturated heterocycles. The number of aromatic nitrogens is 1. The lowest BCUT2D eigenvalue weighted by Crippen LogP contribution is -2.44. The molecule has 3 heterocycles. The third kappa shape index (κ3) is 3.62. The summed E-state index contributed by atoms with van der Waals surface area (Å²) in [5.41, 5.74) is 2.89. The molecule has 0 aliphatic carbocycles. The van der Waals surface area contributed by atoms with Crippen LogP contribution in [-0.2, 0) is 4.79 Å². The first-order valence-corrected chi connectivity index (χ1v) is 8.59. The summed E-state index contributed by atoms with van der Waals surface area (Å²) >= 11 is 8.29. The van der Waals surface area contributed by atoms with Crippen molar-refractivity contribution in [3.05, 3.63) is 56.7 Å². The third-order valence-electron chi connectivity index (χ3n) is 2.82. The number of rotatable bonds is 3.